The predicted molar refractivity (Wildman–Crippen MR) is 34.4 cm³/mol. The van der Waals surface area contributed by atoms with Gasteiger partial charge >= 0.3 is 0 Å². The van der Waals surface area contributed by atoms with Crippen LogP contribution in [0.4, 0.5) is 0 Å². The fourth-order valence-electron chi connectivity index (χ4n) is 0.418. The zero-order valence-corrected chi connectivity index (χ0v) is 5.33. The number of hydrogen-bond acceptors (Lipinski definition) is 3. The fraction of sp³-hybridized carbons (Fsp3) is 0.500. The largest absolute Gasteiger partial charge is 0.379 e. The van der Waals surface area contributed by atoms with Crippen LogP contribution in [0.3, 0.4) is 0 Å². The highest BCUT2D eigenvalue weighted by Crippen LogP contribution is 1.82. The second-order valence-corrected chi connectivity index (χ2v) is 1.69. The molecule has 2 unspecified atom stereocenters. The van der Waals surface area contributed by atoms with Crippen LogP contribution in [0.15, 0.2) is 12.7 Å². The van der Waals surface area contributed by atoms with E-state index in [0.29, 0.717) is 0 Å². The number of rotatable bonds is 3. The molecule has 2 N–H and O–H groups in total. The minimum absolute atomic E-state index is 0.454. The first-order valence-electron chi connectivity index (χ1n) is 2.67. The first kappa shape index (κ1) is 8.15. The van der Waals surface area contributed by atoms with E-state index >= 15 is 0 Å². The highest BCUT2D eigenvalue weighted by molar-refractivity contribution is 5.02. The van der Waals surface area contributed by atoms with Crippen molar-refractivity contribution < 1.29 is 5.11 Å². The molecular formula is C6H10N2O. The van der Waals surface area contributed by atoms with Gasteiger partial charge in [0.1, 0.15) is 12.3 Å². The van der Waals surface area contributed by atoms with Crippen LogP contribution in [0, 0.1) is 11.3 Å². The maximum absolute atomic E-state index is 8.68. The Morgan fingerprint density at radius 3 is 2.56 bits per heavy atom. The van der Waals surface area contributed by atoms with Gasteiger partial charge in [0.2, 0.25) is 0 Å². The van der Waals surface area contributed by atoms with Crippen molar-refractivity contribution in [3.8, 4) is 6.07 Å². The molecule has 3 heteroatoms. The molecule has 50 valence electrons. The summed E-state index contributed by atoms with van der Waals surface area (Å²) >= 11 is 0. The zero-order valence-electron chi connectivity index (χ0n) is 5.33. The Balaban J connectivity index is 3.59. The van der Waals surface area contributed by atoms with Gasteiger partial charge in [-0.15, -0.1) is 6.58 Å². The van der Waals surface area contributed by atoms with Crippen LogP contribution >= 0.6 is 0 Å². The Hall–Kier alpha value is -0.850. The molecule has 0 aliphatic carbocycles. The number of aliphatic hydroxyl groups excluding tert-OH is 1. The van der Waals surface area contributed by atoms with Gasteiger partial charge in [-0.3, -0.25) is 5.32 Å². The molecule has 0 aliphatic rings. The second-order valence-electron chi connectivity index (χ2n) is 1.69. The van der Waals surface area contributed by atoms with Crippen molar-refractivity contribution in [2.75, 3.05) is 0 Å². The third-order valence-corrected chi connectivity index (χ3v) is 0.796. The highest BCUT2D eigenvalue weighted by atomic mass is 16.3. The average Bonchev–Trinajstić information content (AvgIpc) is 1.82. The van der Waals surface area contributed by atoms with Crippen LogP contribution in [0.2, 0.25) is 0 Å². The summed E-state index contributed by atoms with van der Waals surface area (Å²) in [6.07, 6.45) is 0.778. The molecule has 0 radical (unpaired) electrons. The lowest BCUT2D eigenvalue weighted by molar-refractivity contribution is 0.154. The summed E-state index contributed by atoms with van der Waals surface area (Å²) in [7, 11) is 0. The molecule has 0 fully saturated rings. The molecule has 9 heavy (non-hydrogen) atoms. The van der Waals surface area contributed by atoms with Crippen LogP contribution in [0.5, 0.6) is 0 Å². The molecule has 0 aromatic rings. The van der Waals surface area contributed by atoms with Crippen molar-refractivity contribution in [3.63, 3.8) is 0 Å². The molecule has 0 spiro atoms. The van der Waals surface area contributed by atoms with Crippen molar-refractivity contribution in [2.24, 2.45) is 0 Å². The smallest absolute Gasteiger partial charge is 0.116 e. The first-order chi connectivity index (χ1) is 4.20. The Kier molecular flexibility index (Phi) is 3.69. The Bertz CT molecular complexity index is 126. The fourth-order valence-corrected chi connectivity index (χ4v) is 0.418. The maximum atomic E-state index is 8.68. The van der Waals surface area contributed by atoms with Gasteiger partial charge in [0.05, 0.1) is 6.07 Å². The Morgan fingerprint density at radius 2 is 2.44 bits per heavy atom. The lowest BCUT2D eigenvalue weighted by atomic mass is 10.3. The van der Waals surface area contributed by atoms with Gasteiger partial charge in [0.25, 0.3) is 0 Å². The number of nitrogens with one attached hydrogen (secondary N) is 1. The highest BCUT2D eigenvalue weighted by Gasteiger charge is 2.01. The number of aliphatic hydroxyl groups is 1. The van der Waals surface area contributed by atoms with E-state index in [4.69, 9.17) is 10.4 Å². The molecule has 0 rings (SSSR count). The minimum Gasteiger partial charge on any atom is -0.379 e. The van der Waals surface area contributed by atoms with E-state index in [-0.39, 0.29) is 0 Å². The van der Waals surface area contributed by atoms with Crippen LogP contribution < -0.4 is 5.32 Å². The van der Waals surface area contributed by atoms with Crippen molar-refractivity contribution in [1.82, 2.24) is 5.32 Å². The molecule has 0 amide bonds. The van der Waals surface area contributed by atoms with E-state index in [0.717, 1.165) is 0 Å². The van der Waals surface area contributed by atoms with Crippen molar-refractivity contribution in [3.05, 3.63) is 12.7 Å². The molecular weight excluding hydrogens is 116 g/mol. The molecule has 0 aromatic heterocycles. The third-order valence-electron chi connectivity index (χ3n) is 0.796. The van der Waals surface area contributed by atoms with Crippen LogP contribution in [0.25, 0.3) is 0 Å². The normalized spacial score (nSPS) is 15.7. The van der Waals surface area contributed by atoms with Gasteiger partial charge in [-0.1, -0.05) is 6.08 Å². The van der Waals surface area contributed by atoms with Crippen LogP contribution in [-0.2, 0) is 0 Å². The average molecular weight is 126 g/mol. The van der Waals surface area contributed by atoms with Crippen LogP contribution in [0.1, 0.15) is 6.92 Å². The molecule has 3 nitrogen and oxygen atoms in total. The SMILES string of the molecule is C=CC(C#N)NC(C)O. The molecule has 0 bridgehead atoms. The van der Waals surface area contributed by atoms with Crippen LogP contribution in [-0.4, -0.2) is 17.4 Å². The molecule has 0 saturated carbocycles. The number of hydrogen-bond donors (Lipinski definition) is 2. The maximum Gasteiger partial charge on any atom is 0.116 e. The van der Waals surface area contributed by atoms with Crippen molar-refractivity contribution >= 4 is 0 Å². The quantitative estimate of drug-likeness (QED) is 0.413. The minimum atomic E-state index is -0.660. The van der Waals surface area contributed by atoms with Gasteiger partial charge in [0, 0.05) is 0 Å². The van der Waals surface area contributed by atoms with E-state index in [1.165, 1.54) is 6.08 Å². The summed E-state index contributed by atoms with van der Waals surface area (Å²) in [6.45, 7) is 4.94. The summed E-state index contributed by atoms with van der Waals surface area (Å²) in [5, 5.41) is 19.5. The molecule has 2 atom stereocenters. The van der Waals surface area contributed by atoms with E-state index in [1.807, 2.05) is 6.07 Å². The second kappa shape index (κ2) is 4.07. The lowest BCUT2D eigenvalue weighted by Gasteiger charge is -2.07. The van der Waals surface area contributed by atoms with Gasteiger partial charge in [-0.25, -0.2) is 0 Å². The number of nitrogens with zero attached hydrogens (tertiary/aromatic N) is 1. The van der Waals surface area contributed by atoms with E-state index < -0.39 is 12.3 Å². The number of nitriles is 1. The monoisotopic (exact) mass is 126 g/mol. The first-order valence-corrected chi connectivity index (χ1v) is 2.67. The topological polar surface area (TPSA) is 56.0 Å². The molecule has 0 heterocycles. The van der Waals surface area contributed by atoms with Crippen molar-refractivity contribution in [1.29, 1.82) is 5.26 Å². The van der Waals surface area contributed by atoms with Gasteiger partial charge in [-0.2, -0.15) is 5.26 Å². The van der Waals surface area contributed by atoms with Gasteiger partial charge in [-0.05, 0) is 6.92 Å². The van der Waals surface area contributed by atoms with E-state index in [9.17, 15) is 0 Å². The van der Waals surface area contributed by atoms with Gasteiger partial charge in [0.15, 0.2) is 0 Å². The van der Waals surface area contributed by atoms with E-state index in [2.05, 4.69) is 11.9 Å². The summed E-state index contributed by atoms with van der Waals surface area (Å²) in [5.74, 6) is 0. The van der Waals surface area contributed by atoms with Gasteiger partial charge < -0.3 is 5.11 Å². The lowest BCUT2D eigenvalue weighted by Crippen LogP contribution is -2.33. The predicted octanol–water partition coefficient (Wildman–Crippen LogP) is -0.00752. The molecule has 0 saturated heterocycles. The summed E-state index contributed by atoms with van der Waals surface area (Å²) < 4.78 is 0. The Labute approximate surface area is 54.6 Å². The summed E-state index contributed by atoms with van der Waals surface area (Å²) in [6, 6.07) is 1.44. The Morgan fingerprint density at radius 1 is 1.89 bits per heavy atom. The standard InChI is InChI=1S/C6H10N2O/c1-3-6(4-7)8-5(2)9/h3,5-6,8-9H,1H2,2H3. The van der Waals surface area contributed by atoms with E-state index in [1.54, 1.807) is 6.92 Å². The molecule has 0 aliphatic heterocycles. The zero-order chi connectivity index (χ0) is 7.28. The summed E-state index contributed by atoms with van der Waals surface area (Å²) in [5.41, 5.74) is 0. The molecule has 0 aromatic carbocycles. The summed E-state index contributed by atoms with van der Waals surface area (Å²) in [4.78, 5) is 0. The third kappa shape index (κ3) is 3.71. The van der Waals surface area contributed by atoms with Crippen molar-refractivity contribution in [2.45, 2.75) is 19.2 Å².